The normalized spacial score (nSPS) is 12.1. The largest absolute Gasteiger partial charge is 0.444 e. The number of benzene rings is 1. The lowest BCUT2D eigenvalue weighted by atomic mass is 10.1. The number of hydrogen-bond donors (Lipinski definition) is 1. The summed E-state index contributed by atoms with van der Waals surface area (Å²) in [5.74, 6) is 0.0245. The van der Waals surface area contributed by atoms with Crippen LogP contribution < -0.4 is 5.32 Å². The minimum Gasteiger partial charge on any atom is -0.444 e. The van der Waals surface area contributed by atoms with Gasteiger partial charge in [-0.2, -0.15) is 5.10 Å². The molecular formula is C15H13BrN4O2. The van der Waals surface area contributed by atoms with Crippen LogP contribution in [0.15, 0.2) is 58.1 Å². The first-order valence-corrected chi connectivity index (χ1v) is 7.44. The summed E-state index contributed by atoms with van der Waals surface area (Å²) < 4.78 is 7.44. The number of furan rings is 1. The molecule has 22 heavy (non-hydrogen) atoms. The Balaban J connectivity index is 1.69. The van der Waals surface area contributed by atoms with E-state index in [1.807, 2.05) is 31.2 Å². The third-order valence-corrected chi connectivity index (χ3v) is 3.65. The van der Waals surface area contributed by atoms with Gasteiger partial charge in [-0.25, -0.2) is 9.67 Å². The van der Waals surface area contributed by atoms with Gasteiger partial charge in [0, 0.05) is 0 Å². The van der Waals surface area contributed by atoms with Gasteiger partial charge in [-0.1, -0.05) is 12.1 Å². The third kappa shape index (κ3) is 3.09. The molecular weight excluding hydrogens is 348 g/mol. The molecule has 6 nitrogen and oxygen atoms in total. The molecule has 0 radical (unpaired) electrons. The van der Waals surface area contributed by atoms with Crippen LogP contribution in [0.4, 0.5) is 0 Å². The van der Waals surface area contributed by atoms with E-state index in [1.165, 1.54) is 6.33 Å². The van der Waals surface area contributed by atoms with Crippen LogP contribution in [0.5, 0.6) is 0 Å². The molecule has 0 spiro atoms. The zero-order valence-electron chi connectivity index (χ0n) is 11.7. The first-order chi connectivity index (χ1) is 10.6. The predicted octanol–water partition coefficient (Wildman–Crippen LogP) is 3.11. The fourth-order valence-corrected chi connectivity index (χ4v) is 2.35. The standard InChI is InChI=1S/C15H13BrN4O2/c1-10(19-15(21)13-6-7-14(16)22-13)11-2-4-12(5-3-11)20-9-17-8-18-20/h2-10H,1H3,(H,19,21). The number of rotatable bonds is 4. The van der Waals surface area contributed by atoms with Gasteiger partial charge in [0.1, 0.15) is 12.7 Å². The predicted molar refractivity (Wildman–Crippen MR) is 83.6 cm³/mol. The van der Waals surface area contributed by atoms with Gasteiger partial charge in [-0.3, -0.25) is 4.79 Å². The molecule has 2 aromatic heterocycles. The Kier molecular flexibility index (Phi) is 4.06. The van der Waals surface area contributed by atoms with Crippen molar-refractivity contribution in [1.29, 1.82) is 0 Å². The molecule has 0 aliphatic carbocycles. The number of aromatic nitrogens is 3. The zero-order chi connectivity index (χ0) is 15.5. The topological polar surface area (TPSA) is 73.0 Å². The summed E-state index contributed by atoms with van der Waals surface area (Å²) in [4.78, 5) is 16.0. The zero-order valence-corrected chi connectivity index (χ0v) is 13.3. The summed E-state index contributed by atoms with van der Waals surface area (Å²) >= 11 is 3.18. The van der Waals surface area contributed by atoms with Crippen molar-refractivity contribution in [3.05, 3.63) is 65.0 Å². The van der Waals surface area contributed by atoms with Crippen molar-refractivity contribution in [3.8, 4) is 5.69 Å². The quantitative estimate of drug-likeness (QED) is 0.775. The number of carbonyl (C=O) groups is 1. The highest BCUT2D eigenvalue weighted by Gasteiger charge is 2.14. The van der Waals surface area contributed by atoms with E-state index in [-0.39, 0.29) is 17.7 Å². The maximum absolute atomic E-state index is 12.0. The average Bonchev–Trinajstić information content (AvgIpc) is 3.18. The van der Waals surface area contributed by atoms with Crippen molar-refractivity contribution >= 4 is 21.8 Å². The second-order valence-electron chi connectivity index (χ2n) is 4.73. The lowest BCUT2D eigenvalue weighted by Crippen LogP contribution is -2.26. The molecule has 0 saturated carbocycles. The molecule has 2 heterocycles. The van der Waals surface area contributed by atoms with Gasteiger partial charge in [0.15, 0.2) is 10.4 Å². The van der Waals surface area contributed by atoms with Gasteiger partial charge in [0.25, 0.3) is 5.91 Å². The van der Waals surface area contributed by atoms with Crippen molar-refractivity contribution < 1.29 is 9.21 Å². The summed E-state index contributed by atoms with van der Waals surface area (Å²) in [5.41, 5.74) is 1.90. The van der Waals surface area contributed by atoms with Crippen molar-refractivity contribution in [2.75, 3.05) is 0 Å². The minimum atomic E-state index is -0.251. The first kappa shape index (κ1) is 14.5. The molecule has 1 aromatic carbocycles. The first-order valence-electron chi connectivity index (χ1n) is 6.64. The number of amides is 1. The second-order valence-corrected chi connectivity index (χ2v) is 5.51. The Morgan fingerprint density at radius 1 is 1.27 bits per heavy atom. The molecule has 3 rings (SSSR count). The van der Waals surface area contributed by atoms with Crippen molar-refractivity contribution in [3.63, 3.8) is 0 Å². The highest BCUT2D eigenvalue weighted by molar-refractivity contribution is 9.10. The number of nitrogens with zero attached hydrogens (tertiary/aromatic N) is 3. The van der Waals surface area contributed by atoms with E-state index < -0.39 is 0 Å². The molecule has 0 fully saturated rings. The van der Waals surface area contributed by atoms with Crippen molar-refractivity contribution in [1.82, 2.24) is 20.1 Å². The van der Waals surface area contributed by atoms with Crippen LogP contribution in [0.25, 0.3) is 5.69 Å². The molecule has 0 aliphatic rings. The summed E-state index contributed by atoms with van der Waals surface area (Å²) in [6.45, 7) is 1.92. The maximum Gasteiger partial charge on any atom is 0.287 e. The van der Waals surface area contributed by atoms with E-state index in [9.17, 15) is 4.79 Å². The van der Waals surface area contributed by atoms with Gasteiger partial charge < -0.3 is 9.73 Å². The van der Waals surface area contributed by atoms with E-state index in [4.69, 9.17) is 4.42 Å². The Hall–Kier alpha value is -2.41. The van der Waals surface area contributed by atoms with E-state index in [1.54, 1.807) is 23.1 Å². The summed E-state index contributed by atoms with van der Waals surface area (Å²) in [7, 11) is 0. The highest BCUT2D eigenvalue weighted by Crippen LogP contribution is 2.18. The van der Waals surface area contributed by atoms with Gasteiger partial charge >= 0.3 is 0 Å². The van der Waals surface area contributed by atoms with Crippen molar-refractivity contribution in [2.45, 2.75) is 13.0 Å². The molecule has 1 amide bonds. The monoisotopic (exact) mass is 360 g/mol. The molecule has 0 saturated heterocycles. The highest BCUT2D eigenvalue weighted by atomic mass is 79.9. The molecule has 0 aliphatic heterocycles. The molecule has 0 bridgehead atoms. The minimum absolute atomic E-state index is 0.138. The number of hydrogen-bond acceptors (Lipinski definition) is 4. The van der Waals surface area contributed by atoms with Gasteiger partial charge in [-0.05, 0) is 52.7 Å². The Labute approximate surface area is 135 Å². The van der Waals surface area contributed by atoms with Crippen LogP contribution in [0.3, 0.4) is 0 Å². The second kappa shape index (κ2) is 6.15. The molecule has 1 atom stereocenters. The van der Waals surface area contributed by atoms with Crippen LogP contribution in [-0.2, 0) is 0 Å². The van der Waals surface area contributed by atoms with E-state index >= 15 is 0 Å². The molecule has 112 valence electrons. The fourth-order valence-electron chi connectivity index (χ4n) is 2.04. The Bertz CT molecular complexity index is 765. The smallest absolute Gasteiger partial charge is 0.287 e. The Morgan fingerprint density at radius 2 is 2.05 bits per heavy atom. The lowest BCUT2D eigenvalue weighted by Gasteiger charge is -2.14. The van der Waals surface area contributed by atoms with Crippen LogP contribution in [0.1, 0.15) is 29.1 Å². The number of nitrogens with one attached hydrogen (secondary N) is 1. The van der Waals surface area contributed by atoms with Crippen LogP contribution in [0.2, 0.25) is 0 Å². The van der Waals surface area contributed by atoms with E-state index in [0.29, 0.717) is 4.67 Å². The van der Waals surface area contributed by atoms with Gasteiger partial charge in [0.05, 0.1) is 11.7 Å². The van der Waals surface area contributed by atoms with E-state index in [2.05, 4.69) is 31.3 Å². The molecule has 1 unspecified atom stereocenters. The number of halogens is 1. The van der Waals surface area contributed by atoms with E-state index in [0.717, 1.165) is 11.3 Å². The maximum atomic E-state index is 12.0. The molecule has 3 aromatic rings. The molecule has 7 heteroatoms. The van der Waals surface area contributed by atoms with Gasteiger partial charge in [-0.15, -0.1) is 0 Å². The van der Waals surface area contributed by atoms with Crippen LogP contribution in [0, 0.1) is 0 Å². The van der Waals surface area contributed by atoms with Crippen LogP contribution in [-0.4, -0.2) is 20.7 Å². The third-order valence-electron chi connectivity index (χ3n) is 3.22. The van der Waals surface area contributed by atoms with Crippen LogP contribution >= 0.6 is 15.9 Å². The molecule has 1 N–H and O–H groups in total. The Morgan fingerprint density at radius 3 is 2.64 bits per heavy atom. The fraction of sp³-hybridized carbons (Fsp3) is 0.133. The van der Waals surface area contributed by atoms with Gasteiger partial charge in [0.2, 0.25) is 0 Å². The SMILES string of the molecule is CC(NC(=O)c1ccc(Br)o1)c1ccc(-n2cncn2)cc1. The summed E-state index contributed by atoms with van der Waals surface area (Å²) in [6, 6.07) is 10.9. The average molecular weight is 361 g/mol. The summed E-state index contributed by atoms with van der Waals surface area (Å²) in [5, 5.41) is 6.96. The van der Waals surface area contributed by atoms with Crippen molar-refractivity contribution in [2.24, 2.45) is 0 Å². The lowest BCUT2D eigenvalue weighted by molar-refractivity contribution is 0.0910. The summed E-state index contributed by atoms with van der Waals surface area (Å²) in [6.07, 6.45) is 3.12. The number of carbonyl (C=O) groups excluding carboxylic acids is 1.